The minimum atomic E-state index is -3.78. The number of nitrogens with zero attached hydrogens (tertiary/aromatic N) is 3. The zero-order chi connectivity index (χ0) is 21.5. The van der Waals surface area contributed by atoms with Crippen molar-refractivity contribution in [3.05, 3.63) is 47.8 Å². The van der Waals surface area contributed by atoms with Crippen molar-refractivity contribution in [2.75, 3.05) is 31.5 Å². The highest BCUT2D eigenvalue weighted by molar-refractivity contribution is 7.89. The number of nitrogens with one attached hydrogen (secondary N) is 1. The maximum atomic E-state index is 13.3. The van der Waals surface area contributed by atoms with Crippen LogP contribution < -0.4 is 10.1 Å². The number of hydrogen-bond donors (Lipinski definition) is 1. The van der Waals surface area contributed by atoms with Crippen LogP contribution in [-0.4, -0.2) is 66.7 Å². The SMILES string of the molecule is Cc1cc2c(cc1S(=O)(=O)N1CCN(C(=O)c3ccccn3)CC1)O[C@@H](C)C(=O)N2. The van der Waals surface area contributed by atoms with Crippen LogP contribution in [0.15, 0.2) is 41.4 Å². The van der Waals surface area contributed by atoms with Gasteiger partial charge in [0.25, 0.3) is 11.8 Å². The summed E-state index contributed by atoms with van der Waals surface area (Å²) in [5, 5.41) is 2.72. The summed E-state index contributed by atoms with van der Waals surface area (Å²) in [5.41, 5.74) is 1.31. The minimum Gasteiger partial charge on any atom is -0.479 e. The maximum Gasteiger partial charge on any atom is 0.272 e. The maximum absolute atomic E-state index is 13.3. The normalized spacial score (nSPS) is 19.6. The van der Waals surface area contributed by atoms with E-state index in [1.807, 2.05) is 0 Å². The van der Waals surface area contributed by atoms with Crippen LogP contribution in [0.25, 0.3) is 0 Å². The number of aromatic nitrogens is 1. The van der Waals surface area contributed by atoms with Crippen LogP contribution in [0.2, 0.25) is 0 Å². The number of piperazine rings is 1. The van der Waals surface area contributed by atoms with E-state index < -0.39 is 16.1 Å². The third-order valence-corrected chi connectivity index (χ3v) is 7.28. The number of carbonyl (C=O) groups excluding carboxylic acids is 2. The molecule has 1 fully saturated rings. The van der Waals surface area contributed by atoms with Gasteiger partial charge in [0.1, 0.15) is 11.4 Å². The van der Waals surface area contributed by atoms with Crippen LogP contribution in [0.1, 0.15) is 23.0 Å². The molecule has 3 heterocycles. The molecule has 2 aliphatic rings. The third kappa shape index (κ3) is 3.63. The topological polar surface area (TPSA) is 109 Å². The number of fused-ring (bicyclic) bond motifs is 1. The molecule has 1 saturated heterocycles. The smallest absolute Gasteiger partial charge is 0.272 e. The number of amides is 2. The van der Waals surface area contributed by atoms with E-state index >= 15 is 0 Å². The van der Waals surface area contributed by atoms with E-state index in [1.54, 1.807) is 49.2 Å². The summed E-state index contributed by atoms with van der Waals surface area (Å²) in [5.74, 6) is -0.155. The van der Waals surface area contributed by atoms with Crippen LogP contribution in [0.4, 0.5) is 5.69 Å². The average molecular weight is 430 g/mol. The second-order valence-electron chi connectivity index (χ2n) is 7.27. The first-order chi connectivity index (χ1) is 14.3. The number of rotatable bonds is 3. The molecule has 0 bridgehead atoms. The van der Waals surface area contributed by atoms with Crippen molar-refractivity contribution < 1.29 is 22.7 Å². The summed E-state index contributed by atoms with van der Waals surface area (Å²) in [7, 11) is -3.78. The van der Waals surface area contributed by atoms with Gasteiger partial charge in [0, 0.05) is 38.4 Å². The number of sulfonamides is 1. The zero-order valence-corrected chi connectivity index (χ0v) is 17.5. The van der Waals surface area contributed by atoms with E-state index in [4.69, 9.17) is 4.74 Å². The highest BCUT2D eigenvalue weighted by atomic mass is 32.2. The summed E-state index contributed by atoms with van der Waals surface area (Å²) in [6.45, 7) is 4.21. The standard InChI is InChI=1S/C20H22N4O5S/c1-13-11-16-17(29-14(2)19(25)22-16)12-18(13)30(27,28)24-9-7-23(8-10-24)20(26)15-5-3-4-6-21-15/h3-6,11-12,14H,7-10H2,1-2H3,(H,22,25)/t14-/m0/s1. The predicted molar refractivity (Wildman–Crippen MR) is 109 cm³/mol. The largest absolute Gasteiger partial charge is 0.479 e. The Labute approximate surface area is 174 Å². The molecule has 2 aliphatic heterocycles. The number of pyridine rings is 1. The molecule has 1 aromatic heterocycles. The van der Waals surface area contributed by atoms with Gasteiger partial charge in [-0.25, -0.2) is 8.42 Å². The number of carbonyl (C=O) groups is 2. The van der Waals surface area contributed by atoms with Gasteiger partial charge < -0.3 is 15.0 Å². The van der Waals surface area contributed by atoms with Gasteiger partial charge in [0.05, 0.1) is 10.6 Å². The summed E-state index contributed by atoms with van der Waals surface area (Å²) >= 11 is 0. The van der Waals surface area contributed by atoms with Crippen LogP contribution in [0.3, 0.4) is 0 Å². The summed E-state index contributed by atoms with van der Waals surface area (Å²) in [4.78, 5) is 30.1. The highest BCUT2D eigenvalue weighted by Gasteiger charge is 2.33. The van der Waals surface area contributed by atoms with Gasteiger partial charge in [0.15, 0.2) is 6.10 Å². The van der Waals surface area contributed by atoms with Crippen molar-refractivity contribution in [2.45, 2.75) is 24.8 Å². The molecule has 0 spiro atoms. The summed E-state index contributed by atoms with van der Waals surface area (Å²) in [6, 6.07) is 8.18. The van der Waals surface area contributed by atoms with Gasteiger partial charge in [-0.1, -0.05) is 6.07 Å². The fraction of sp³-hybridized carbons (Fsp3) is 0.350. The molecule has 1 aromatic carbocycles. The third-order valence-electron chi connectivity index (χ3n) is 5.24. The molecule has 0 radical (unpaired) electrons. The van der Waals surface area contributed by atoms with Crippen molar-refractivity contribution >= 4 is 27.5 Å². The van der Waals surface area contributed by atoms with Crippen LogP contribution in [-0.2, 0) is 14.8 Å². The van der Waals surface area contributed by atoms with E-state index in [9.17, 15) is 18.0 Å². The number of hydrogen-bond acceptors (Lipinski definition) is 6. The number of benzene rings is 1. The lowest BCUT2D eigenvalue weighted by atomic mass is 10.1. The predicted octanol–water partition coefficient (Wildman–Crippen LogP) is 1.26. The average Bonchev–Trinajstić information content (AvgIpc) is 2.74. The van der Waals surface area contributed by atoms with Gasteiger partial charge in [-0.3, -0.25) is 14.6 Å². The Morgan fingerprint density at radius 3 is 2.60 bits per heavy atom. The Morgan fingerprint density at radius 1 is 1.20 bits per heavy atom. The lowest BCUT2D eigenvalue weighted by Crippen LogP contribution is -2.50. The molecule has 0 aliphatic carbocycles. The van der Waals surface area contributed by atoms with Crippen molar-refractivity contribution in [2.24, 2.45) is 0 Å². The lowest BCUT2D eigenvalue weighted by Gasteiger charge is -2.34. The number of anilines is 1. The molecule has 30 heavy (non-hydrogen) atoms. The molecule has 2 amide bonds. The second kappa shape index (κ2) is 7.69. The van der Waals surface area contributed by atoms with Crippen LogP contribution in [0, 0.1) is 6.92 Å². The molecule has 4 rings (SSSR count). The van der Waals surface area contributed by atoms with E-state index in [0.717, 1.165) is 0 Å². The molecule has 10 heteroatoms. The van der Waals surface area contributed by atoms with Crippen molar-refractivity contribution in [3.63, 3.8) is 0 Å². The van der Waals surface area contributed by atoms with Crippen molar-refractivity contribution in [3.8, 4) is 5.75 Å². The molecular weight excluding hydrogens is 408 g/mol. The minimum absolute atomic E-state index is 0.133. The molecule has 1 N–H and O–H groups in total. The van der Waals surface area contributed by atoms with Gasteiger partial charge in [-0.15, -0.1) is 0 Å². The quantitative estimate of drug-likeness (QED) is 0.785. The fourth-order valence-corrected chi connectivity index (χ4v) is 5.19. The number of aryl methyl sites for hydroxylation is 1. The van der Waals surface area contributed by atoms with Gasteiger partial charge >= 0.3 is 0 Å². The highest BCUT2D eigenvalue weighted by Crippen LogP contribution is 2.35. The molecule has 158 valence electrons. The molecule has 2 aromatic rings. The Morgan fingerprint density at radius 2 is 1.93 bits per heavy atom. The second-order valence-corrected chi connectivity index (χ2v) is 9.18. The summed E-state index contributed by atoms with van der Waals surface area (Å²) < 4.78 is 33.4. The summed E-state index contributed by atoms with van der Waals surface area (Å²) in [6.07, 6.45) is 0.856. The van der Waals surface area contributed by atoms with Crippen LogP contribution >= 0.6 is 0 Å². The molecular formula is C20H22N4O5S. The Hall–Kier alpha value is -2.98. The van der Waals surface area contributed by atoms with E-state index in [1.165, 1.54) is 10.4 Å². The first kappa shape index (κ1) is 20.3. The fourth-order valence-electron chi connectivity index (χ4n) is 3.54. The van der Waals surface area contributed by atoms with Crippen molar-refractivity contribution in [1.29, 1.82) is 0 Å². The van der Waals surface area contributed by atoms with Gasteiger partial charge in [-0.2, -0.15) is 4.31 Å². The van der Waals surface area contributed by atoms with E-state index in [0.29, 0.717) is 22.7 Å². The van der Waals surface area contributed by atoms with Crippen LogP contribution in [0.5, 0.6) is 5.75 Å². The lowest BCUT2D eigenvalue weighted by molar-refractivity contribution is -0.122. The molecule has 9 nitrogen and oxygen atoms in total. The van der Waals surface area contributed by atoms with E-state index in [-0.39, 0.29) is 42.9 Å². The Balaban J connectivity index is 1.52. The first-order valence-corrected chi connectivity index (χ1v) is 11.0. The molecule has 1 atom stereocenters. The van der Waals surface area contributed by atoms with Crippen molar-refractivity contribution in [1.82, 2.24) is 14.2 Å². The Bertz CT molecular complexity index is 1100. The monoisotopic (exact) mass is 430 g/mol. The first-order valence-electron chi connectivity index (χ1n) is 9.60. The van der Waals surface area contributed by atoms with Gasteiger partial charge in [0.2, 0.25) is 10.0 Å². The number of ether oxygens (including phenoxy) is 1. The zero-order valence-electron chi connectivity index (χ0n) is 16.7. The van der Waals surface area contributed by atoms with Gasteiger partial charge in [-0.05, 0) is 37.6 Å². The molecule has 0 unspecified atom stereocenters. The Kier molecular flexibility index (Phi) is 5.20. The molecule has 0 saturated carbocycles. The van der Waals surface area contributed by atoms with E-state index in [2.05, 4.69) is 10.3 Å².